The van der Waals surface area contributed by atoms with E-state index in [0.29, 0.717) is 12.8 Å². The molecule has 0 unspecified atom stereocenters. The molecule has 2 aromatic rings. The Labute approximate surface area is 120 Å². The average molecular weight is 260 g/mol. The van der Waals surface area contributed by atoms with E-state index in [-0.39, 0.29) is 0 Å². The molecule has 0 amide bonds. The lowest BCUT2D eigenvalue weighted by Crippen LogP contribution is -2.23. The van der Waals surface area contributed by atoms with Crippen molar-refractivity contribution >= 4 is 0 Å². The normalized spacial score (nSPS) is 10.5. The number of nitriles is 1. The van der Waals surface area contributed by atoms with E-state index in [9.17, 15) is 0 Å². The van der Waals surface area contributed by atoms with Gasteiger partial charge in [-0.15, -0.1) is 0 Å². The van der Waals surface area contributed by atoms with Gasteiger partial charge < -0.3 is 0 Å². The largest absolute Gasteiger partial charge is 0.300 e. The molecule has 2 aromatic carbocycles. The third-order valence-electron chi connectivity index (χ3n) is 3.52. The summed E-state index contributed by atoms with van der Waals surface area (Å²) in [5.74, 6) is 0. The highest BCUT2D eigenvalue weighted by Crippen LogP contribution is 2.38. The molecule has 0 N–H and O–H groups in total. The second kappa shape index (κ2) is 6.55. The molecule has 0 radical (unpaired) electrons. The van der Waals surface area contributed by atoms with Crippen molar-refractivity contribution in [2.24, 2.45) is 0 Å². The predicted octanol–water partition coefficient (Wildman–Crippen LogP) is 4.54. The van der Waals surface area contributed by atoms with Gasteiger partial charge in [0, 0.05) is 24.0 Å². The van der Waals surface area contributed by atoms with Crippen molar-refractivity contribution < 1.29 is 0 Å². The smallest absolute Gasteiger partial charge is 0.282 e. The Morgan fingerprint density at radius 2 is 1.45 bits per heavy atom. The lowest BCUT2D eigenvalue weighted by atomic mass is 9.79. The molecule has 0 atom stereocenters. The second-order valence-electron chi connectivity index (χ2n) is 4.72. The lowest BCUT2D eigenvalue weighted by Gasteiger charge is -2.22. The SMILES string of the molecule is [C-]#[N+]C(CCCC#N)(c1ccccc1)c1ccccc1. The fourth-order valence-corrected chi connectivity index (χ4v) is 2.49. The predicted molar refractivity (Wildman–Crippen MR) is 79.7 cm³/mol. The van der Waals surface area contributed by atoms with Gasteiger partial charge in [0.15, 0.2) is 0 Å². The van der Waals surface area contributed by atoms with Crippen molar-refractivity contribution in [1.82, 2.24) is 0 Å². The van der Waals surface area contributed by atoms with Crippen LogP contribution in [0.3, 0.4) is 0 Å². The van der Waals surface area contributed by atoms with Crippen molar-refractivity contribution in [3.63, 3.8) is 0 Å². The van der Waals surface area contributed by atoms with E-state index in [1.807, 2.05) is 60.7 Å². The van der Waals surface area contributed by atoms with Crippen molar-refractivity contribution in [2.45, 2.75) is 24.8 Å². The summed E-state index contributed by atoms with van der Waals surface area (Å²) < 4.78 is 0. The number of unbranched alkanes of at least 4 members (excludes halogenated alkanes) is 1. The van der Waals surface area contributed by atoms with Crippen LogP contribution in [-0.2, 0) is 5.54 Å². The van der Waals surface area contributed by atoms with Gasteiger partial charge in [0.2, 0.25) is 0 Å². The molecule has 0 saturated carbocycles. The van der Waals surface area contributed by atoms with Crippen LogP contribution in [0.25, 0.3) is 4.85 Å². The Hall–Kier alpha value is -2.58. The van der Waals surface area contributed by atoms with E-state index in [0.717, 1.165) is 17.5 Å². The van der Waals surface area contributed by atoms with Crippen LogP contribution in [0.2, 0.25) is 0 Å². The van der Waals surface area contributed by atoms with Crippen LogP contribution in [0, 0.1) is 17.9 Å². The Morgan fingerprint density at radius 3 is 1.85 bits per heavy atom. The maximum absolute atomic E-state index is 8.75. The molecule has 0 aromatic heterocycles. The molecule has 0 aliphatic heterocycles. The number of hydrogen-bond acceptors (Lipinski definition) is 1. The molecule has 0 aliphatic carbocycles. The van der Waals surface area contributed by atoms with Crippen LogP contribution in [0.5, 0.6) is 0 Å². The van der Waals surface area contributed by atoms with Gasteiger partial charge in [0.05, 0.1) is 6.07 Å². The van der Waals surface area contributed by atoms with E-state index in [4.69, 9.17) is 11.8 Å². The molecule has 0 bridgehead atoms. The Kier molecular flexibility index (Phi) is 4.53. The molecule has 0 spiro atoms. The number of nitrogens with zero attached hydrogens (tertiary/aromatic N) is 2. The molecule has 0 heterocycles. The molecule has 2 heteroatoms. The molecular weight excluding hydrogens is 244 g/mol. The fourth-order valence-electron chi connectivity index (χ4n) is 2.49. The highest BCUT2D eigenvalue weighted by atomic mass is 14.8. The zero-order chi connectivity index (χ0) is 14.3. The van der Waals surface area contributed by atoms with Gasteiger partial charge in [-0.2, -0.15) is 5.26 Å². The van der Waals surface area contributed by atoms with E-state index >= 15 is 0 Å². The maximum atomic E-state index is 8.75. The van der Waals surface area contributed by atoms with Crippen LogP contribution >= 0.6 is 0 Å². The summed E-state index contributed by atoms with van der Waals surface area (Å²) >= 11 is 0. The third-order valence-corrected chi connectivity index (χ3v) is 3.52. The molecule has 98 valence electrons. The number of benzene rings is 2. The zero-order valence-corrected chi connectivity index (χ0v) is 11.3. The van der Waals surface area contributed by atoms with E-state index in [2.05, 4.69) is 10.9 Å². The molecule has 2 rings (SSSR count). The van der Waals surface area contributed by atoms with Crippen LogP contribution in [-0.4, -0.2) is 0 Å². The average Bonchev–Trinajstić information content (AvgIpc) is 2.54. The molecule has 0 fully saturated rings. The molecule has 0 aliphatic rings. The van der Waals surface area contributed by atoms with E-state index in [1.54, 1.807) is 0 Å². The Morgan fingerprint density at radius 1 is 0.950 bits per heavy atom. The summed E-state index contributed by atoms with van der Waals surface area (Å²) in [4.78, 5) is 3.97. The van der Waals surface area contributed by atoms with Gasteiger partial charge in [-0.25, -0.2) is 6.57 Å². The van der Waals surface area contributed by atoms with E-state index in [1.165, 1.54) is 0 Å². The van der Waals surface area contributed by atoms with Gasteiger partial charge in [0.1, 0.15) is 0 Å². The Bertz CT molecular complexity index is 578. The molecule has 2 nitrogen and oxygen atoms in total. The Balaban J connectivity index is 2.48. The minimum Gasteiger partial charge on any atom is -0.300 e. The highest BCUT2D eigenvalue weighted by Gasteiger charge is 2.40. The van der Waals surface area contributed by atoms with Crippen molar-refractivity contribution in [2.75, 3.05) is 0 Å². The summed E-state index contributed by atoms with van der Waals surface area (Å²) in [7, 11) is 0. The van der Waals surface area contributed by atoms with Crippen LogP contribution in [0.15, 0.2) is 60.7 Å². The minimum absolute atomic E-state index is 0.483. The number of hydrogen-bond donors (Lipinski definition) is 0. The lowest BCUT2D eigenvalue weighted by molar-refractivity contribution is 0.551. The van der Waals surface area contributed by atoms with E-state index < -0.39 is 5.54 Å². The topological polar surface area (TPSA) is 28.1 Å². The van der Waals surface area contributed by atoms with Crippen LogP contribution in [0.4, 0.5) is 0 Å². The van der Waals surface area contributed by atoms with Crippen molar-refractivity contribution in [3.05, 3.63) is 83.2 Å². The van der Waals surface area contributed by atoms with Gasteiger partial charge in [-0.3, -0.25) is 4.85 Å². The van der Waals surface area contributed by atoms with Crippen molar-refractivity contribution in [1.29, 1.82) is 5.26 Å². The first-order valence-electron chi connectivity index (χ1n) is 6.70. The van der Waals surface area contributed by atoms with Crippen LogP contribution < -0.4 is 0 Å². The first-order valence-corrected chi connectivity index (χ1v) is 6.70. The summed E-state index contributed by atoms with van der Waals surface area (Å²) in [5, 5.41) is 8.75. The third kappa shape index (κ3) is 2.71. The van der Waals surface area contributed by atoms with Crippen LogP contribution in [0.1, 0.15) is 30.4 Å². The zero-order valence-electron chi connectivity index (χ0n) is 11.3. The van der Waals surface area contributed by atoms with Gasteiger partial charge in [0.25, 0.3) is 5.54 Å². The monoisotopic (exact) mass is 260 g/mol. The van der Waals surface area contributed by atoms with Gasteiger partial charge in [-0.1, -0.05) is 60.7 Å². The summed E-state index contributed by atoms with van der Waals surface area (Å²) in [6.07, 6.45) is 1.87. The summed E-state index contributed by atoms with van der Waals surface area (Å²) in [6.45, 7) is 7.76. The fraction of sp³-hybridized carbons (Fsp3) is 0.222. The van der Waals surface area contributed by atoms with Gasteiger partial charge >= 0.3 is 0 Å². The minimum atomic E-state index is -0.681. The summed E-state index contributed by atoms with van der Waals surface area (Å²) in [6, 6.07) is 21.9. The highest BCUT2D eigenvalue weighted by molar-refractivity contribution is 5.41. The maximum Gasteiger partial charge on any atom is 0.282 e. The quantitative estimate of drug-likeness (QED) is 0.573. The molecule has 0 saturated heterocycles. The van der Waals surface area contributed by atoms with Gasteiger partial charge in [-0.05, 0) is 6.42 Å². The first-order chi connectivity index (χ1) is 9.83. The summed E-state index contributed by atoms with van der Waals surface area (Å²) in [5.41, 5.74) is 1.32. The number of rotatable bonds is 5. The first kappa shape index (κ1) is 13.8. The molecular formula is C18H16N2. The molecule has 20 heavy (non-hydrogen) atoms. The second-order valence-corrected chi connectivity index (χ2v) is 4.72. The standard InChI is InChI=1S/C18H16N2/c1-20-18(14-8-9-15-19,16-10-4-2-5-11-16)17-12-6-3-7-13-17/h2-7,10-13H,8-9,14H2. The van der Waals surface area contributed by atoms with Crippen molar-refractivity contribution in [3.8, 4) is 6.07 Å².